The van der Waals surface area contributed by atoms with Crippen LogP contribution < -0.4 is 0 Å². The molecule has 5 rings (SSSR count). The van der Waals surface area contributed by atoms with Crippen LogP contribution in [0.3, 0.4) is 0 Å². The van der Waals surface area contributed by atoms with Gasteiger partial charge in [-0.3, -0.25) is 0 Å². The number of aryl methyl sites for hydroxylation is 2. The van der Waals surface area contributed by atoms with Crippen LogP contribution >= 0.6 is 0 Å². The van der Waals surface area contributed by atoms with Gasteiger partial charge in [-0.2, -0.15) is 0 Å². The van der Waals surface area contributed by atoms with Crippen LogP contribution in [-0.4, -0.2) is 0 Å². The monoisotopic (exact) mass is 282 g/mol. The third-order valence-electron chi connectivity index (χ3n) is 5.24. The van der Waals surface area contributed by atoms with Gasteiger partial charge < -0.3 is 0 Å². The second kappa shape index (κ2) is 4.58. The van der Waals surface area contributed by atoms with E-state index in [0.717, 1.165) is 0 Å². The molecule has 1 aliphatic rings. The zero-order chi connectivity index (χ0) is 14.5. The van der Waals surface area contributed by atoms with E-state index in [0.29, 0.717) is 0 Å². The fourth-order valence-electron chi connectivity index (χ4n) is 4.25. The second-order valence-corrected chi connectivity index (χ2v) is 6.42. The first kappa shape index (κ1) is 12.2. The molecule has 0 amide bonds. The topological polar surface area (TPSA) is 0 Å². The highest BCUT2D eigenvalue weighted by molar-refractivity contribution is 6.26. The van der Waals surface area contributed by atoms with E-state index in [4.69, 9.17) is 0 Å². The summed E-state index contributed by atoms with van der Waals surface area (Å²) >= 11 is 0. The summed E-state index contributed by atoms with van der Waals surface area (Å²) in [5, 5.41) is 8.52. The lowest BCUT2D eigenvalue weighted by Crippen LogP contribution is -2.03. The fourth-order valence-corrected chi connectivity index (χ4v) is 4.25. The van der Waals surface area contributed by atoms with E-state index in [-0.39, 0.29) is 0 Å². The van der Waals surface area contributed by atoms with Crippen molar-refractivity contribution in [1.82, 2.24) is 0 Å². The minimum atomic E-state index is 1.23. The molecule has 0 aromatic heterocycles. The number of rotatable bonds is 0. The molecule has 106 valence electrons. The molecule has 0 saturated carbocycles. The van der Waals surface area contributed by atoms with Crippen LogP contribution in [0.1, 0.15) is 24.0 Å². The first-order chi connectivity index (χ1) is 10.9. The molecule has 0 fully saturated rings. The molecule has 0 bridgehead atoms. The third-order valence-corrected chi connectivity index (χ3v) is 5.24. The molecule has 0 atom stereocenters. The van der Waals surface area contributed by atoms with Crippen molar-refractivity contribution in [3.63, 3.8) is 0 Å². The number of benzene rings is 4. The molecule has 4 aromatic carbocycles. The Hall–Kier alpha value is -2.34. The third kappa shape index (κ3) is 1.58. The Bertz CT molecular complexity index is 989. The average molecular weight is 282 g/mol. The van der Waals surface area contributed by atoms with Gasteiger partial charge in [0.05, 0.1) is 0 Å². The van der Waals surface area contributed by atoms with Crippen molar-refractivity contribution in [3.05, 3.63) is 71.8 Å². The SMILES string of the molecule is c1ccc2c(c1)c1ccccc1c1c3c(ccc21)CCCC3. The summed E-state index contributed by atoms with van der Waals surface area (Å²) < 4.78 is 0. The zero-order valence-electron chi connectivity index (χ0n) is 12.6. The molecule has 0 saturated heterocycles. The molecule has 0 heteroatoms. The fraction of sp³-hybridized carbons (Fsp3) is 0.182. The van der Waals surface area contributed by atoms with E-state index in [1.54, 1.807) is 11.1 Å². The maximum atomic E-state index is 2.37. The maximum Gasteiger partial charge on any atom is -0.00641 e. The minimum absolute atomic E-state index is 1.23. The lowest BCUT2D eigenvalue weighted by atomic mass is 9.84. The lowest BCUT2D eigenvalue weighted by molar-refractivity contribution is 0.690. The zero-order valence-corrected chi connectivity index (χ0v) is 12.6. The first-order valence-corrected chi connectivity index (χ1v) is 8.27. The molecule has 22 heavy (non-hydrogen) atoms. The van der Waals surface area contributed by atoms with E-state index in [1.165, 1.54) is 58.0 Å². The summed E-state index contributed by atoms with van der Waals surface area (Å²) in [5.41, 5.74) is 3.17. The van der Waals surface area contributed by atoms with Crippen molar-refractivity contribution in [3.8, 4) is 0 Å². The molecular formula is C22H18. The van der Waals surface area contributed by atoms with Gasteiger partial charge in [0, 0.05) is 0 Å². The van der Waals surface area contributed by atoms with Crippen LogP contribution in [0.5, 0.6) is 0 Å². The molecule has 0 nitrogen and oxygen atoms in total. The summed E-state index contributed by atoms with van der Waals surface area (Å²) in [4.78, 5) is 0. The van der Waals surface area contributed by atoms with Gasteiger partial charge in [0.1, 0.15) is 0 Å². The Balaban J connectivity index is 2.12. The molecule has 0 N–H and O–H groups in total. The predicted molar refractivity (Wildman–Crippen MR) is 95.6 cm³/mol. The van der Waals surface area contributed by atoms with Gasteiger partial charge >= 0.3 is 0 Å². The molecule has 0 spiro atoms. The minimum Gasteiger partial charge on any atom is -0.0616 e. The summed E-state index contributed by atoms with van der Waals surface area (Å²) in [6, 6.07) is 22.5. The Morgan fingerprint density at radius 3 is 1.77 bits per heavy atom. The Morgan fingerprint density at radius 1 is 0.500 bits per heavy atom. The summed E-state index contributed by atoms with van der Waals surface area (Å²) in [6.45, 7) is 0. The molecule has 0 aliphatic heterocycles. The van der Waals surface area contributed by atoms with Crippen LogP contribution in [0.4, 0.5) is 0 Å². The van der Waals surface area contributed by atoms with Crippen LogP contribution in [0.25, 0.3) is 32.3 Å². The molecule has 0 radical (unpaired) electrons. The highest BCUT2D eigenvalue weighted by Crippen LogP contribution is 2.39. The number of fused-ring (bicyclic) bond motifs is 8. The normalized spacial score (nSPS) is 14.5. The van der Waals surface area contributed by atoms with Crippen molar-refractivity contribution >= 4 is 32.3 Å². The van der Waals surface area contributed by atoms with E-state index < -0.39 is 0 Å². The van der Waals surface area contributed by atoms with Crippen LogP contribution in [0, 0.1) is 0 Å². The van der Waals surface area contributed by atoms with Crippen molar-refractivity contribution in [1.29, 1.82) is 0 Å². The highest BCUT2D eigenvalue weighted by atomic mass is 14.2. The van der Waals surface area contributed by atoms with Crippen molar-refractivity contribution in [2.24, 2.45) is 0 Å². The average Bonchev–Trinajstić information content (AvgIpc) is 2.61. The Kier molecular flexibility index (Phi) is 2.54. The predicted octanol–water partition coefficient (Wildman–Crippen LogP) is 6.03. The number of hydrogen-bond donors (Lipinski definition) is 0. The van der Waals surface area contributed by atoms with Gasteiger partial charge in [0.2, 0.25) is 0 Å². The van der Waals surface area contributed by atoms with Gasteiger partial charge in [-0.05, 0) is 69.1 Å². The van der Waals surface area contributed by atoms with E-state index >= 15 is 0 Å². The smallest absolute Gasteiger partial charge is 0.00641 e. The molecule has 0 heterocycles. The van der Waals surface area contributed by atoms with Crippen LogP contribution in [0.2, 0.25) is 0 Å². The van der Waals surface area contributed by atoms with Crippen LogP contribution in [0.15, 0.2) is 60.7 Å². The quantitative estimate of drug-likeness (QED) is 0.346. The van der Waals surface area contributed by atoms with Gasteiger partial charge in [-0.1, -0.05) is 60.7 Å². The molecule has 4 aromatic rings. The lowest BCUT2D eigenvalue weighted by Gasteiger charge is -2.20. The highest BCUT2D eigenvalue weighted by Gasteiger charge is 2.16. The van der Waals surface area contributed by atoms with Crippen molar-refractivity contribution in [2.75, 3.05) is 0 Å². The van der Waals surface area contributed by atoms with E-state index in [9.17, 15) is 0 Å². The summed E-state index contributed by atoms with van der Waals surface area (Å²) in [7, 11) is 0. The summed E-state index contributed by atoms with van der Waals surface area (Å²) in [6.07, 6.45) is 5.14. The number of hydrogen-bond acceptors (Lipinski definition) is 0. The van der Waals surface area contributed by atoms with Crippen molar-refractivity contribution < 1.29 is 0 Å². The van der Waals surface area contributed by atoms with E-state index in [1.807, 2.05) is 0 Å². The standard InChI is InChI=1S/C22H18/c1-2-8-16-15(7-1)13-14-21-19-11-4-3-9-17(19)18-10-5-6-12-20(18)22(16)21/h3-6,9-14H,1-2,7-8H2. The van der Waals surface area contributed by atoms with Gasteiger partial charge in [-0.15, -0.1) is 0 Å². The first-order valence-electron chi connectivity index (χ1n) is 8.27. The van der Waals surface area contributed by atoms with Gasteiger partial charge in [0.25, 0.3) is 0 Å². The molecular weight excluding hydrogens is 264 g/mol. The van der Waals surface area contributed by atoms with Gasteiger partial charge in [0.15, 0.2) is 0 Å². The van der Waals surface area contributed by atoms with Crippen molar-refractivity contribution in [2.45, 2.75) is 25.7 Å². The second-order valence-electron chi connectivity index (χ2n) is 6.42. The summed E-state index contributed by atoms with van der Waals surface area (Å²) in [5.74, 6) is 0. The molecule has 0 unspecified atom stereocenters. The van der Waals surface area contributed by atoms with Crippen LogP contribution in [-0.2, 0) is 12.8 Å². The van der Waals surface area contributed by atoms with E-state index in [2.05, 4.69) is 60.7 Å². The van der Waals surface area contributed by atoms with Gasteiger partial charge in [-0.25, -0.2) is 0 Å². The maximum absolute atomic E-state index is 2.37. The Labute approximate surface area is 130 Å². The Morgan fingerprint density at radius 2 is 1.05 bits per heavy atom. The molecule has 1 aliphatic carbocycles. The largest absolute Gasteiger partial charge is 0.0616 e.